The van der Waals surface area contributed by atoms with Crippen LogP contribution in [0.5, 0.6) is 0 Å². The summed E-state index contributed by atoms with van der Waals surface area (Å²) in [6, 6.07) is 7.58. The fourth-order valence-corrected chi connectivity index (χ4v) is 3.74. The van der Waals surface area contributed by atoms with Gasteiger partial charge in [0.2, 0.25) is 0 Å². The van der Waals surface area contributed by atoms with Crippen LogP contribution in [0.1, 0.15) is 0 Å². The molecule has 3 rings (SSSR count). The molecular weight excluding hydrogens is 440 g/mol. The van der Waals surface area contributed by atoms with Gasteiger partial charge < -0.3 is 5.73 Å². The molecule has 3 nitrogen and oxygen atoms in total. The van der Waals surface area contributed by atoms with Gasteiger partial charge in [-0.25, -0.2) is 0 Å². The van der Waals surface area contributed by atoms with Gasteiger partial charge in [-0.3, -0.25) is 4.68 Å². The van der Waals surface area contributed by atoms with E-state index in [1.165, 1.54) is 2.88 Å². The van der Waals surface area contributed by atoms with Crippen molar-refractivity contribution < 1.29 is 0 Å². The van der Waals surface area contributed by atoms with Crippen LogP contribution in [0.25, 0.3) is 22.4 Å². The molecule has 2 heterocycles. The number of aromatic nitrogens is 2. The van der Waals surface area contributed by atoms with Gasteiger partial charge in [0.25, 0.3) is 0 Å². The van der Waals surface area contributed by atoms with Crippen molar-refractivity contribution in [2.75, 3.05) is 5.73 Å². The number of hydrogen-bond acceptors (Lipinski definition) is 3. The van der Waals surface area contributed by atoms with Crippen LogP contribution in [-0.2, 0) is 7.05 Å². The average molecular weight is 450 g/mol. The number of hydrogen-bond donors (Lipinski definition) is 1. The zero-order valence-corrected chi connectivity index (χ0v) is 15.4. The van der Waals surface area contributed by atoms with Crippen LogP contribution in [0.2, 0.25) is 10.0 Å². The molecule has 2 aromatic heterocycles. The van der Waals surface area contributed by atoms with Crippen molar-refractivity contribution in [2.45, 2.75) is 0 Å². The first-order valence-corrected chi connectivity index (χ1v) is 8.71. The molecule has 0 fully saturated rings. The first kappa shape index (κ1) is 15.1. The lowest BCUT2D eigenvalue weighted by molar-refractivity contribution is 0.782. The van der Waals surface area contributed by atoms with E-state index in [2.05, 4.69) is 39.1 Å². The maximum absolute atomic E-state index is 6.19. The molecule has 0 radical (unpaired) electrons. The Hall–Kier alpha value is -0.760. The second kappa shape index (κ2) is 5.79. The maximum atomic E-state index is 6.19. The van der Waals surface area contributed by atoms with Crippen molar-refractivity contribution in [2.24, 2.45) is 7.05 Å². The molecule has 21 heavy (non-hydrogen) atoms. The van der Waals surface area contributed by atoms with E-state index >= 15 is 0 Å². The first-order valence-electron chi connectivity index (χ1n) is 5.99. The Morgan fingerprint density at radius 3 is 2.57 bits per heavy atom. The molecule has 0 bridgehead atoms. The molecule has 0 aliphatic rings. The van der Waals surface area contributed by atoms with Crippen molar-refractivity contribution in [1.82, 2.24) is 9.78 Å². The zero-order valence-electron chi connectivity index (χ0n) is 10.9. The van der Waals surface area contributed by atoms with Gasteiger partial charge in [-0.1, -0.05) is 29.3 Å². The number of aryl methyl sites for hydroxylation is 1. The lowest BCUT2D eigenvalue weighted by atomic mass is 10.0. The van der Waals surface area contributed by atoms with Crippen LogP contribution in [-0.4, -0.2) is 9.78 Å². The number of thiophene rings is 1. The second-order valence-corrected chi connectivity index (χ2v) is 8.12. The SMILES string of the molecule is Cn1nc(-c2csc(I)c2)c(-c2ccc(Cl)c(Cl)c2)c1N. The summed E-state index contributed by atoms with van der Waals surface area (Å²) in [5, 5.41) is 7.64. The molecule has 0 unspecified atom stereocenters. The van der Waals surface area contributed by atoms with Crippen molar-refractivity contribution in [1.29, 1.82) is 0 Å². The van der Waals surface area contributed by atoms with Crippen LogP contribution in [0.4, 0.5) is 5.82 Å². The summed E-state index contributed by atoms with van der Waals surface area (Å²) < 4.78 is 2.88. The monoisotopic (exact) mass is 449 g/mol. The molecule has 0 amide bonds. The number of rotatable bonds is 2. The van der Waals surface area contributed by atoms with E-state index in [1.807, 2.05) is 19.2 Å². The Balaban J connectivity index is 2.24. The molecule has 0 saturated heterocycles. The number of nitrogen functional groups attached to an aromatic ring is 1. The third-order valence-electron chi connectivity index (χ3n) is 3.14. The summed E-state index contributed by atoms with van der Waals surface area (Å²) in [5.74, 6) is 0.601. The Labute approximate surface area is 149 Å². The van der Waals surface area contributed by atoms with Crippen LogP contribution in [0, 0.1) is 2.88 Å². The number of nitrogens with two attached hydrogens (primary N) is 1. The molecule has 7 heteroatoms. The average Bonchev–Trinajstić information content (AvgIpc) is 2.99. The van der Waals surface area contributed by atoms with E-state index in [1.54, 1.807) is 22.1 Å². The smallest absolute Gasteiger partial charge is 0.129 e. The van der Waals surface area contributed by atoms with Crippen LogP contribution >= 0.6 is 57.1 Å². The van der Waals surface area contributed by atoms with Crippen LogP contribution in [0.3, 0.4) is 0 Å². The van der Waals surface area contributed by atoms with Crippen molar-refractivity contribution in [3.63, 3.8) is 0 Å². The summed E-state index contributed by atoms with van der Waals surface area (Å²) in [6.45, 7) is 0. The predicted molar refractivity (Wildman–Crippen MR) is 99.1 cm³/mol. The van der Waals surface area contributed by atoms with Gasteiger partial charge in [0, 0.05) is 18.0 Å². The fourth-order valence-electron chi connectivity index (χ4n) is 2.11. The number of anilines is 1. The minimum absolute atomic E-state index is 0.503. The molecule has 3 aromatic rings. The molecule has 108 valence electrons. The highest BCUT2D eigenvalue weighted by Crippen LogP contribution is 2.39. The van der Waals surface area contributed by atoms with Crippen molar-refractivity contribution in [3.05, 3.63) is 42.6 Å². The van der Waals surface area contributed by atoms with Gasteiger partial charge in [0.15, 0.2) is 0 Å². The minimum Gasteiger partial charge on any atom is -0.383 e. The quantitative estimate of drug-likeness (QED) is 0.538. The fraction of sp³-hybridized carbons (Fsp3) is 0.0714. The Bertz CT molecular complexity index is 826. The number of benzene rings is 1. The van der Waals surface area contributed by atoms with E-state index in [-0.39, 0.29) is 0 Å². The van der Waals surface area contributed by atoms with E-state index in [9.17, 15) is 0 Å². The van der Waals surface area contributed by atoms with E-state index in [4.69, 9.17) is 28.9 Å². The van der Waals surface area contributed by atoms with Gasteiger partial charge in [0.1, 0.15) is 11.5 Å². The molecular formula is C14H10Cl2IN3S. The molecule has 2 N–H and O–H groups in total. The largest absolute Gasteiger partial charge is 0.383 e. The summed E-state index contributed by atoms with van der Waals surface area (Å²) >= 11 is 16.1. The molecule has 0 spiro atoms. The molecule has 1 aromatic carbocycles. The Kier molecular flexibility index (Phi) is 4.18. The summed E-state index contributed by atoms with van der Waals surface area (Å²) in [5.41, 5.74) is 9.89. The highest BCUT2D eigenvalue weighted by Gasteiger charge is 2.19. The maximum Gasteiger partial charge on any atom is 0.129 e. The van der Waals surface area contributed by atoms with Crippen LogP contribution in [0.15, 0.2) is 29.6 Å². The Morgan fingerprint density at radius 1 is 1.19 bits per heavy atom. The van der Waals surface area contributed by atoms with Crippen LogP contribution < -0.4 is 5.73 Å². The van der Waals surface area contributed by atoms with Crippen molar-refractivity contribution >= 4 is 62.9 Å². The van der Waals surface area contributed by atoms with Crippen molar-refractivity contribution in [3.8, 4) is 22.4 Å². The lowest BCUT2D eigenvalue weighted by Crippen LogP contribution is -1.98. The topological polar surface area (TPSA) is 43.8 Å². The summed E-state index contributed by atoms with van der Waals surface area (Å²) in [4.78, 5) is 0. The van der Waals surface area contributed by atoms with E-state index in [0.29, 0.717) is 15.9 Å². The molecule has 0 aliphatic heterocycles. The number of halogens is 3. The summed E-state index contributed by atoms with van der Waals surface area (Å²) in [7, 11) is 1.83. The standard InChI is InChI=1S/C14H10Cl2IN3S/c1-20-14(18)12(7-2-3-9(15)10(16)4-7)13(19-20)8-5-11(17)21-6-8/h2-6H,18H2,1H3. The van der Waals surface area contributed by atoms with Gasteiger partial charge in [0.05, 0.1) is 18.5 Å². The number of nitrogens with zero attached hydrogens (tertiary/aromatic N) is 2. The summed E-state index contributed by atoms with van der Waals surface area (Å²) in [6.07, 6.45) is 0. The third kappa shape index (κ3) is 2.79. The second-order valence-electron chi connectivity index (χ2n) is 4.50. The molecule has 0 aliphatic carbocycles. The third-order valence-corrected chi connectivity index (χ3v) is 5.67. The highest BCUT2D eigenvalue weighted by molar-refractivity contribution is 14.1. The van der Waals surface area contributed by atoms with Gasteiger partial charge in [-0.2, -0.15) is 5.10 Å². The normalized spacial score (nSPS) is 11.0. The minimum atomic E-state index is 0.503. The lowest BCUT2D eigenvalue weighted by Gasteiger charge is -2.05. The Morgan fingerprint density at radius 2 is 1.95 bits per heavy atom. The highest BCUT2D eigenvalue weighted by atomic mass is 127. The van der Waals surface area contributed by atoms with E-state index in [0.717, 1.165) is 22.4 Å². The van der Waals surface area contributed by atoms with E-state index < -0.39 is 0 Å². The molecule has 0 atom stereocenters. The predicted octanol–water partition coefficient (Wildman–Crippen LogP) is 5.31. The van der Waals surface area contributed by atoms with Gasteiger partial charge in [-0.05, 0) is 46.4 Å². The van der Waals surface area contributed by atoms with Gasteiger partial charge in [-0.15, -0.1) is 11.3 Å². The first-order chi connectivity index (χ1) is 9.97. The molecule has 0 saturated carbocycles. The zero-order chi connectivity index (χ0) is 15.1. The van der Waals surface area contributed by atoms with Gasteiger partial charge >= 0.3 is 0 Å².